The third-order valence-corrected chi connectivity index (χ3v) is 4.61. The molecule has 6 heteroatoms. The molecule has 1 N–H and O–H groups in total. The van der Waals surface area contributed by atoms with Crippen molar-refractivity contribution >= 4 is 17.7 Å². The summed E-state index contributed by atoms with van der Waals surface area (Å²) in [6.07, 6.45) is 1.66. The maximum Gasteiger partial charge on any atom is 0.261 e. The number of rotatable bonds is 8. The molecule has 0 aromatic heterocycles. The zero-order valence-electron chi connectivity index (χ0n) is 16.2. The third-order valence-electron chi connectivity index (χ3n) is 4.61. The molecule has 0 spiro atoms. The first-order valence-electron chi connectivity index (χ1n) is 9.49. The minimum Gasteiger partial charge on any atom is -0.492 e. The Morgan fingerprint density at radius 3 is 2.61 bits per heavy atom. The summed E-state index contributed by atoms with van der Waals surface area (Å²) in [5.41, 5.74) is 2.12. The fourth-order valence-corrected chi connectivity index (χ4v) is 3.09. The van der Waals surface area contributed by atoms with Gasteiger partial charge in [-0.25, -0.2) is 0 Å². The second kappa shape index (κ2) is 8.69. The van der Waals surface area contributed by atoms with Gasteiger partial charge in [-0.15, -0.1) is 0 Å². The van der Waals surface area contributed by atoms with E-state index in [0.29, 0.717) is 36.4 Å². The Labute approximate surface area is 164 Å². The number of nitrogens with one attached hydrogen (secondary N) is 1. The van der Waals surface area contributed by atoms with Gasteiger partial charge in [0.1, 0.15) is 12.4 Å². The molecule has 0 fully saturated rings. The van der Waals surface area contributed by atoms with Crippen LogP contribution >= 0.6 is 0 Å². The first-order chi connectivity index (χ1) is 13.5. The Bertz CT molecular complexity index is 907. The van der Waals surface area contributed by atoms with Gasteiger partial charge in [-0.2, -0.15) is 0 Å². The topological polar surface area (TPSA) is 75.7 Å². The molecule has 3 rings (SSSR count). The van der Waals surface area contributed by atoms with E-state index in [1.54, 1.807) is 12.1 Å². The summed E-state index contributed by atoms with van der Waals surface area (Å²) < 4.78 is 5.61. The number of carbonyl (C=O) groups excluding carboxylic acids is 3. The van der Waals surface area contributed by atoms with Crippen LogP contribution in [0.3, 0.4) is 0 Å². The number of aryl methyl sites for hydroxylation is 1. The minimum absolute atomic E-state index is 0.285. The van der Waals surface area contributed by atoms with Gasteiger partial charge in [0.05, 0.1) is 17.7 Å². The van der Waals surface area contributed by atoms with Gasteiger partial charge >= 0.3 is 0 Å². The summed E-state index contributed by atoms with van der Waals surface area (Å²) in [6.45, 7) is 5.06. The maximum absolute atomic E-state index is 12.5. The summed E-state index contributed by atoms with van der Waals surface area (Å²) in [5.74, 6) is -0.163. The van der Waals surface area contributed by atoms with Crippen molar-refractivity contribution in [1.82, 2.24) is 10.2 Å². The van der Waals surface area contributed by atoms with Crippen LogP contribution in [0.5, 0.6) is 5.75 Å². The highest BCUT2D eigenvalue weighted by Crippen LogP contribution is 2.24. The van der Waals surface area contributed by atoms with E-state index in [1.165, 1.54) is 11.0 Å². The lowest BCUT2D eigenvalue weighted by Crippen LogP contribution is -2.30. The van der Waals surface area contributed by atoms with Crippen molar-refractivity contribution in [1.29, 1.82) is 0 Å². The molecule has 1 aliphatic heterocycles. The van der Waals surface area contributed by atoms with E-state index in [0.717, 1.165) is 24.2 Å². The predicted octanol–water partition coefficient (Wildman–Crippen LogP) is 3.20. The summed E-state index contributed by atoms with van der Waals surface area (Å²) in [5, 5.41) is 2.77. The van der Waals surface area contributed by atoms with E-state index in [2.05, 4.69) is 5.32 Å². The first-order valence-corrected chi connectivity index (χ1v) is 9.49. The number of fused-ring (bicyclic) bond motifs is 1. The van der Waals surface area contributed by atoms with Gasteiger partial charge in [-0.1, -0.05) is 25.5 Å². The number of ether oxygens (including phenoxy) is 1. The van der Waals surface area contributed by atoms with Crippen molar-refractivity contribution in [3.05, 3.63) is 64.7 Å². The third kappa shape index (κ3) is 4.22. The highest BCUT2D eigenvalue weighted by atomic mass is 16.5. The van der Waals surface area contributed by atoms with E-state index in [4.69, 9.17) is 4.74 Å². The largest absolute Gasteiger partial charge is 0.492 e. The van der Waals surface area contributed by atoms with Crippen molar-refractivity contribution in [2.75, 3.05) is 19.7 Å². The first kappa shape index (κ1) is 19.6. The number of amides is 3. The number of imide groups is 1. The quantitative estimate of drug-likeness (QED) is 0.564. The molecular formula is C22H24N2O4. The predicted molar refractivity (Wildman–Crippen MR) is 106 cm³/mol. The minimum atomic E-state index is -0.328. The molecule has 0 bridgehead atoms. The zero-order chi connectivity index (χ0) is 20.1. The maximum atomic E-state index is 12.5. The van der Waals surface area contributed by atoms with Crippen LogP contribution in [0.4, 0.5) is 0 Å². The SMILES string of the molecule is CCCCN1C(=O)c2ccc(C(=O)NCCOc3cccc(C)c3)cc2C1=O. The van der Waals surface area contributed by atoms with Crippen LogP contribution in [0.1, 0.15) is 56.4 Å². The number of nitrogens with zero attached hydrogens (tertiary/aromatic N) is 1. The molecule has 28 heavy (non-hydrogen) atoms. The average molecular weight is 380 g/mol. The molecule has 1 heterocycles. The Kier molecular flexibility index (Phi) is 6.09. The Morgan fingerprint density at radius 1 is 1.07 bits per heavy atom. The van der Waals surface area contributed by atoms with Crippen molar-refractivity contribution < 1.29 is 19.1 Å². The fourth-order valence-electron chi connectivity index (χ4n) is 3.09. The summed E-state index contributed by atoms with van der Waals surface area (Å²) in [6, 6.07) is 12.3. The van der Waals surface area contributed by atoms with E-state index in [9.17, 15) is 14.4 Å². The smallest absolute Gasteiger partial charge is 0.261 e. The fraction of sp³-hybridized carbons (Fsp3) is 0.318. The standard InChI is InChI=1S/C22H24N2O4/c1-3-4-11-24-21(26)18-9-8-16(14-19(18)22(24)27)20(25)23-10-12-28-17-7-5-6-15(2)13-17/h5-9,13-14H,3-4,10-12H2,1-2H3,(H,23,25). The molecular weight excluding hydrogens is 356 g/mol. The van der Waals surface area contributed by atoms with E-state index in [-0.39, 0.29) is 17.7 Å². The average Bonchev–Trinajstić information content (AvgIpc) is 2.93. The van der Waals surface area contributed by atoms with Crippen molar-refractivity contribution in [2.45, 2.75) is 26.7 Å². The van der Waals surface area contributed by atoms with Gasteiger partial charge in [-0.05, 0) is 49.2 Å². The van der Waals surface area contributed by atoms with E-state index in [1.807, 2.05) is 38.1 Å². The van der Waals surface area contributed by atoms with Crippen LogP contribution in [0, 0.1) is 6.92 Å². The van der Waals surface area contributed by atoms with Gasteiger partial charge in [0.15, 0.2) is 0 Å². The Morgan fingerprint density at radius 2 is 1.86 bits per heavy atom. The van der Waals surface area contributed by atoms with Gasteiger partial charge < -0.3 is 10.1 Å². The number of benzene rings is 2. The summed E-state index contributed by atoms with van der Waals surface area (Å²) >= 11 is 0. The number of hydrogen-bond donors (Lipinski definition) is 1. The van der Waals surface area contributed by atoms with Crippen LogP contribution in [-0.4, -0.2) is 42.3 Å². The monoisotopic (exact) mass is 380 g/mol. The lowest BCUT2D eigenvalue weighted by atomic mass is 10.1. The highest BCUT2D eigenvalue weighted by Gasteiger charge is 2.35. The van der Waals surface area contributed by atoms with Crippen molar-refractivity contribution in [3.8, 4) is 5.75 Å². The second-order valence-electron chi connectivity index (χ2n) is 6.80. The molecule has 2 aromatic carbocycles. The molecule has 146 valence electrons. The van der Waals surface area contributed by atoms with Crippen LogP contribution in [-0.2, 0) is 0 Å². The number of unbranched alkanes of at least 4 members (excludes halogenated alkanes) is 1. The van der Waals surface area contributed by atoms with Crippen molar-refractivity contribution in [3.63, 3.8) is 0 Å². The molecule has 0 aliphatic carbocycles. The lowest BCUT2D eigenvalue weighted by Gasteiger charge is -2.12. The molecule has 0 saturated carbocycles. The molecule has 0 atom stereocenters. The van der Waals surface area contributed by atoms with E-state index >= 15 is 0 Å². The molecule has 3 amide bonds. The number of hydrogen-bond acceptors (Lipinski definition) is 4. The van der Waals surface area contributed by atoms with Crippen molar-refractivity contribution in [2.24, 2.45) is 0 Å². The molecule has 6 nitrogen and oxygen atoms in total. The molecule has 0 unspecified atom stereocenters. The van der Waals surface area contributed by atoms with Gasteiger partial charge in [0, 0.05) is 12.1 Å². The normalized spacial score (nSPS) is 12.9. The van der Waals surface area contributed by atoms with Gasteiger partial charge in [0.2, 0.25) is 0 Å². The number of carbonyl (C=O) groups is 3. The summed E-state index contributed by atoms with van der Waals surface area (Å²) in [7, 11) is 0. The van der Waals surface area contributed by atoms with Crippen LogP contribution in [0.25, 0.3) is 0 Å². The Hall–Kier alpha value is -3.15. The second-order valence-corrected chi connectivity index (χ2v) is 6.80. The molecule has 2 aromatic rings. The molecule has 1 aliphatic rings. The molecule has 0 saturated heterocycles. The lowest BCUT2D eigenvalue weighted by molar-refractivity contribution is 0.0652. The van der Waals surface area contributed by atoms with Gasteiger partial charge in [0.25, 0.3) is 17.7 Å². The summed E-state index contributed by atoms with van der Waals surface area (Å²) in [4.78, 5) is 38.5. The zero-order valence-corrected chi connectivity index (χ0v) is 16.2. The van der Waals surface area contributed by atoms with Crippen LogP contribution < -0.4 is 10.1 Å². The molecule has 0 radical (unpaired) electrons. The van der Waals surface area contributed by atoms with Crippen LogP contribution in [0.2, 0.25) is 0 Å². The van der Waals surface area contributed by atoms with E-state index < -0.39 is 0 Å². The van der Waals surface area contributed by atoms with Gasteiger partial charge in [-0.3, -0.25) is 19.3 Å². The Balaban J connectivity index is 1.58. The highest BCUT2D eigenvalue weighted by molar-refractivity contribution is 6.22. The van der Waals surface area contributed by atoms with Crippen LogP contribution in [0.15, 0.2) is 42.5 Å².